The minimum absolute atomic E-state index is 0.139. The van der Waals surface area contributed by atoms with Gasteiger partial charge in [0, 0.05) is 22.6 Å². The smallest absolute Gasteiger partial charge is 0.264 e. The second kappa shape index (κ2) is 5.94. The molecule has 3 aliphatic heterocycles. The molecule has 2 atom stereocenters. The molecule has 0 saturated carbocycles. The molecule has 0 N–H and O–H groups in total. The summed E-state index contributed by atoms with van der Waals surface area (Å²) in [6.07, 6.45) is 2.97. The summed E-state index contributed by atoms with van der Waals surface area (Å²) in [4.78, 5) is 26.5. The zero-order valence-corrected chi connectivity index (χ0v) is 16.6. The number of nitrogens with zero attached hydrogens (tertiary/aromatic N) is 1. The Morgan fingerprint density at radius 3 is 2.56 bits per heavy atom. The van der Waals surface area contributed by atoms with E-state index in [9.17, 15) is 4.79 Å². The molecule has 0 aromatic heterocycles. The van der Waals surface area contributed by atoms with Gasteiger partial charge in [0.2, 0.25) is 0 Å². The first-order chi connectivity index (χ1) is 12.7. The fourth-order valence-electron chi connectivity index (χ4n) is 4.61. The fraction of sp³-hybridized carbons (Fsp3) is 0.500. The van der Waals surface area contributed by atoms with Gasteiger partial charge in [-0.1, -0.05) is 65.0 Å². The van der Waals surface area contributed by atoms with Crippen molar-refractivity contribution in [1.29, 1.82) is 0 Å². The van der Waals surface area contributed by atoms with Crippen LogP contribution in [0.5, 0.6) is 0 Å². The third kappa shape index (κ3) is 2.56. The van der Waals surface area contributed by atoms with Gasteiger partial charge >= 0.3 is 0 Å². The van der Waals surface area contributed by atoms with E-state index in [1.807, 2.05) is 42.6 Å². The molecule has 1 saturated heterocycles. The summed E-state index contributed by atoms with van der Waals surface area (Å²) in [7, 11) is 0. The van der Waals surface area contributed by atoms with E-state index in [-0.39, 0.29) is 16.7 Å². The molecule has 1 fully saturated rings. The molecular weight excluding hydrogens is 342 g/mol. The van der Waals surface area contributed by atoms with Crippen LogP contribution in [0.4, 0.5) is 0 Å². The second-order valence-electron chi connectivity index (χ2n) is 9.22. The Morgan fingerprint density at radius 2 is 1.89 bits per heavy atom. The number of carbonyl (C=O) groups excluding carboxylic acids is 1. The normalized spacial score (nSPS) is 29.4. The lowest BCUT2D eigenvalue weighted by molar-refractivity contribution is -0.408. The maximum Gasteiger partial charge on any atom is 0.264 e. The van der Waals surface area contributed by atoms with Crippen molar-refractivity contribution in [3.05, 3.63) is 59.5 Å². The molecule has 3 heterocycles. The Labute approximate surface area is 160 Å². The number of amides is 1. The van der Waals surface area contributed by atoms with E-state index < -0.39 is 11.7 Å². The summed E-state index contributed by atoms with van der Waals surface area (Å²) < 4.78 is 6.13. The van der Waals surface area contributed by atoms with E-state index in [1.54, 1.807) is 4.90 Å². The first-order valence-corrected chi connectivity index (χ1v) is 9.42. The van der Waals surface area contributed by atoms with E-state index in [4.69, 9.17) is 14.5 Å². The van der Waals surface area contributed by atoms with Crippen LogP contribution >= 0.6 is 0 Å². The van der Waals surface area contributed by atoms with Gasteiger partial charge in [-0.05, 0) is 11.6 Å². The SMILES string of the molecule is CC(C)(C)[C@]12OO[C@H]3C(=O)N(Cc4ccccc4)C=CC3=C1OCC2(C)C. The Balaban J connectivity index is 1.74. The van der Waals surface area contributed by atoms with Gasteiger partial charge < -0.3 is 9.64 Å². The lowest BCUT2D eigenvalue weighted by Gasteiger charge is -2.50. The standard InChI is InChI=1S/C22H27NO4/c1-20(2,3)22-18(25-14-21(22,4)5)16-11-12-23(19(24)17(16)26-27-22)13-15-9-7-6-8-10-15/h6-12,17H,13-14H2,1-5H3/t17-,22-/m1/s1. The number of benzene rings is 1. The predicted molar refractivity (Wildman–Crippen MR) is 101 cm³/mol. The van der Waals surface area contributed by atoms with Crippen molar-refractivity contribution in [3.8, 4) is 0 Å². The maximum absolute atomic E-state index is 13.0. The first kappa shape index (κ1) is 18.3. The highest BCUT2D eigenvalue weighted by Crippen LogP contribution is 2.59. The van der Waals surface area contributed by atoms with Crippen LogP contribution in [0.2, 0.25) is 0 Å². The van der Waals surface area contributed by atoms with E-state index in [0.717, 1.165) is 16.9 Å². The summed E-state index contributed by atoms with van der Waals surface area (Å²) in [5.74, 6) is 0.597. The van der Waals surface area contributed by atoms with Gasteiger partial charge in [0.1, 0.15) is 5.76 Å². The number of hydrogen-bond acceptors (Lipinski definition) is 4. The highest BCUT2D eigenvalue weighted by molar-refractivity contribution is 5.87. The van der Waals surface area contributed by atoms with Crippen LogP contribution in [-0.4, -0.2) is 29.1 Å². The molecule has 4 rings (SSSR count). The number of ether oxygens (including phenoxy) is 1. The van der Waals surface area contributed by atoms with Crippen LogP contribution in [0, 0.1) is 10.8 Å². The second-order valence-corrected chi connectivity index (χ2v) is 9.22. The summed E-state index contributed by atoms with van der Waals surface area (Å²) in [6.45, 7) is 11.6. The highest BCUT2D eigenvalue weighted by Gasteiger charge is 2.67. The van der Waals surface area contributed by atoms with Gasteiger partial charge in [-0.25, -0.2) is 9.78 Å². The zero-order valence-electron chi connectivity index (χ0n) is 16.6. The van der Waals surface area contributed by atoms with Crippen molar-refractivity contribution >= 4 is 5.91 Å². The largest absolute Gasteiger partial charge is 0.494 e. The zero-order chi connectivity index (χ0) is 19.4. The van der Waals surface area contributed by atoms with Crippen molar-refractivity contribution < 1.29 is 19.3 Å². The Kier molecular flexibility index (Phi) is 4.02. The molecule has 5 heteroatoms. The van der Waals surface area contributed by atoms with Gasteiger partial charge in [0.25, 0.3) is 5.91 Å². The topological polar surface area (TPSA) is 48.0 Å². The molecule has 0 radical (unpaired) electrons. The molecule has 0 bridgehead atoms. The van der Waals surface area contributed by atoms with Crippen LogP contribution in [0.1, 0.15) is 40.2 Å². The van der Waals surface area contributed by atoms with Crippen molar-refractivity contribution in [2.45, 2.75) is 52.9 Å². The van der Waals surface area contributed by atoms with Crippen LogP contribution in [0.25, 0.3) is 0 Å². The van der Waals surface area contributed by atoms with Crippen LogP contribution in [0.15, 0.2) is 53.9 Å². The number of fused-ring (bicyclic) bond motifs is 2. The van der Waals surface area contributed by atoms with Crippen LogP contribution in [0.3, 0.4) is 0 Å². The van der Waals surface area contributed by atoms with Gasteiger partial charge in [0.05, 0.1) is 13.2 Å². The highest BCUT2D eigenvalue weighted by atomic mass is 17.2. The average Bonchev–Trinajstić information content (AvgIpc) is 2.90. The summed E-state index contributed by atoms with van der Waals surface area (Å²) in [5, 5.41) is 0. The predicted octanol–water partition coefficient (Wildman–Crippen LogP) is 3.97. The van der Waals surface area contributed by atoms with Crippen molar-refractivity contribution in [2.75, 3.05) is 6.61 Å². The molecule has 3 aliphatic rings. The third-order valence-corrected chi connectivity index (χ3v) is 5.86. The molecule has 0 aliphatic carbocycles. The minimum Gasteiger partial charge on any atom is -0.494 e. The van der Waals surface area contributed by atoms with Gasteiger partial charge in [-0.3, -0.25) is 4.79 Å². The summed E-state index contributed by atoms with van der Waals surface area (Å²) >= 11 is 0. The maximum atomic E-state index is 13.0. The third-order valence-electron chi connectivity index (χ3n) is 5.86. The summed E-state index contributed by atoms with van der Waals surface area (Å²) in [5.41, 5.74) is 0.550. The van der Waals surface area contributed by atoms with E-state index in [2.05, 4.69) is 34.6 Å². The lowest BCUT2D eigenvalue weighted by atomic mass is 9.61. The minimum atomic E-state index is -0.793. The molecule has 1 aromatic rings. The monoisotopic (exact) mass is 369 g/mol. The Bertz CT molecular complexity index is 818. The number of hydrogen-bond donors (Lipinski definition) is 0. The van der Waals surface area contributed by atoms with Crippen molar-refractivity contribution in [3.63, 3.8) is 0 Å². The van der Waals surface area contributed by atoms with Crippen molar-refractivity contribution in [2.24, 2.45) is 10.8 Å². The average molecular weight is 369 g/mol. The van der Waals surface area contributed by atoms with E-state index >= 15 is 0 Å². The quantitative estimate of drug-likeness (QED) is 0.740. The molecule has 1 amide bonds. The molecule has 27 heavy (non-hydrogen) atoms. The summed E-state index contributed by atoms with van der Waals surface area (Å²) in [6, 6.07) is 9.89. The van der Waals surface area contributed by atoms with Crippen LogP contribution < -0.4 is 0 Å². The van der Waals surface area contributed by atoms with Gasteiger partial charge in [0.15, 0.2) is 11.7 Å². The van der Waals surface area contributed by atoms with Crippen LogP contribution in [-0.2, 0) is 25.9 Å². The molecular formula is C22H27NO4. The Morgan fingerprint density at radius 1 is 1.19 bits per heavy atom. The van der Waals surface area contributed by atoms with E-state index in [0.29, 0.717) is 13.2 Å². The molecule has 1 aromatic carbocycles. The number of carbonyl (C=O) groups is 1. The molecule has 5 nitrogen and oxygen atoms in total. The molecule has 0 unspecified atom stereocenters. The van der Waals surface area contributed by atoms with Gasteiger partial charge in [-0.15, -0.1) is 0 Å². The van der Waals surface area contributed by atoms with E-state index in [1.165, 1.54) is 0 Å². The lowest BCUT2D eigenvalue weighted by Crippen LogP contribution is -2.59. The van der Waals surface area contributed by atoms with Gasteiger partial charge in [-0.2, -0.15) is 0 Å². The van der Waals surface area contributed by atoms with Crippen molar-refractivity contribution in [1.82, 2.24) is 4.90 Å². The fourth-order valence-corrected chi connectivity index (χ4v) is 4.61. The Hall–Kier alpha value is -2.11. The molecule has 144 valence electrons. The molecule has 0 spiro atoms. The first-order valence-electron chi connectivity index (χ1n) is 9.42. The number of rotatable bonds is 2.